The maximum absolute atomic E-state index is 4.62. The molecule has 1 aromatic rings. The summed E-state index contributed by atoms with van der Waals surface area (Å²) in [6.07, 6.45) is 11.4. The van der Waals surface area contributed by atoms with Crippen molar-refractivity contribution >= 4 is 24.1 Å². The van der Waals surface area contributed by atoms with E-state index in [1.807, 2.05) is 36.6 Å². The largest absolute Gasteiger partial charge is 0.369 e. The van der Waals surface area contributed by atoms with E-state index in [-0.39, 0.29) is 0 Å². The van der Waals surface area contributed by atoms with E-state index in [1.54, 1.807) is 7.05 Å². The van der Waals surface area contributed by atoms with Gasteiger partial charge in [0.1, 0.15) is 0 Å². The van der Waals surface area contributed by atoms with E-state index >= 15 is 0 Å². The molecule has 0 bridgehead atoms. The fourth-order valence-electron chi connectivity index (χ4n) is 3.31. The van der Waals surface area contributed by atoms with E-state index in [0.29, 0.717) is 0 Å². The van der Waals surface area contributed by atoms with Crippen LogP contribution in [0.1, 0.15) is 64.8 Å². The summed E-state index contributed by atoms with van der Waals surface area (Å²) in [5, 5.41) is 6.56. The minimum atomic E-state index is 0.899. The summed E-state index contributed by atoms with van der Waals surface area (Å²) >= 11 is 0. The average molecular weight is 396 g/mol. The summed E-state index contributed by atoms with van der Waals surface area (Å²) in [5.41, 5.74) is 6.62. The third-order valence-corrected chi connectivity index (χ3v) is 4.92. The predicted octanol–water partition coefficient (Wildman–Crippen LogP) is 5.62. The van der Waals surface area contributed by atoms with Gasteiger partial charge in [-0.25, -0.2) is 5.01 Å². The Morgan fingerprint density at radius 3 is 2.48 bits per heavy atom. The SMILES string of the molecule is C=Cc1nccc(/C(C)=C(\C)N(/C=C(\C=N/C)N(CC)CCC)/N=C\C)c1CC. The van der Waals surface area contributed by atoms with Crippen LogP contribution in [-0.2, 0) is 6.42 Å². The fraction of sp³-hybridized carbons (Fsp3) is 0.458. The topological polar surface area (TPSA) is 44.1 Å². The molecular weight excluding hydrogens is 358 g/mol. The number of pyridine rings is 1. The van der Waals surface area contributed by atoms with E-state index in [4.69, 9.17) is 0 Å². The first kappa shape index (κ1) is 24.3. The lowest BCUT2D eigenvalue weighted by molar-refractivity contribution is 0.367. The Balaban J connectivity index is 3.55. The zero-order valence-corrected chi connectivity index (χ0v) is 19.2. The van der Waals surface area contributed by atoms with Crippen molar-refractivity contribution in [1.29, 1.82) is 0 Å². The molecule has 0 saturated heterocycles. The van der Waals surface area contributed by atoms with Crippen LogP contribution in [0.4, 0.5) is 0 Å². The fourth-order valence-corrected chi connectivity index (χ4v) is 3.31. The molecule has 0 aliphatic rings. The Labute approximate surface area is 177 Å². The summed E-state index contributed by atoms with van der Waals surface area (Å²) in [7, 11) is 1.80. The first-order valence-electron chi connectivity index (χ1n) is 10.4. The molecule has 0 atom stereocenters. The number of aliphatic imine (C=N–C) groups is 1. The van der Waals surface area contributed by atoms with Gasteiger partial charge in [0.05, 0.1) is 17.6 Å². The van der Waals surface area contributed by atoms with Gasteiger partial charge in [-0.2, -0.15) is 5.10 Å². The molecule has 0 unspecified atom stereocenters. The molecule has 0 fully saturated rings. The van der Waals surface area contributed by atoms with E-state index in [2.05, 4.69) is 73.4 Å². The van der Waals surface area contributed by atoms with Gasteiger partial charge in [0.2, 0.25) is 0 Å². The van der Waals surface area contributed by atoms with Gasteiger partial charge in [-0.3, -0.25) is 9.98 Å². The highest BCUT2D eigenvalue weighted by Gasteiger charge is 2.14. The van der Waals surface area contributed by atoms with Gasteiger partial charge in [-0.1, -0.05) is 20.4 Å². The molecule has 5 nitrogen and oxygen atoms in total. The third kappa shape index (κ3) is 6.41. The Morgan fingerprint density at radius 1 is 1.24 bits per heavy atom. The number of rotatable bonds is 11. The van der Waals surface area contributed by atoms with Crippen LogP contribution in [0.25, 0.3) is 11.6 Å². The second kappa shape index (κ2) is 12.7. The minimum Gasteiger partial charge on any atom is -0.369 e. The quantitative estimate of drug-likeness (QED) is 0.361. The highest BCUT2D eigenvalue weighted by molar-refractivity contribution is 5.78. The van der Waals surface area contributed by atoms with Gasteiger partial charge in [0, 0.05) is 44.5 Å². The molecule has 5 heteroatoms. The number of allylic oxidation sites excluding steroid dienone is 3. The lowest BCUT2D eigenvalue weighted by atomic mass is 9.97. The van der Waals surface area contributed by atoms with Gasteiger partial charge in [-0.15, -0.1) is 0 Å². The molecule has 0 amide bonds. The van der Waals surface area contributed by atoms with Crippen LogP contribution in [0.5, 0.6) is 0 Å². The van der Waals surface area contributed by atoms with Crippen molar-refractivity contribution in [3.8, 4) is 0 Å². The standard InChI is InChI=1S/C24H37N5/c1-9-16-28(13-5)21(17-25-8)18-29(27-12-4)20(7)19(6)23-14-15-26-24(11-3)22(23)10-2/h11-12,14-15,17-18H,3,9-10,13,16H2,1-2,4-8H3/b20-19+,21-18+,25-17-,27-12-. The van der Waals surface area contributed by atoms with Crippen molar-refractivity contribution in [3.05, 3.63) is 53.3 Å². The Bertz CT molecular complexity index is 786. The minimum absolute atomic E-state index is 0.899. The molecular formula is C24H37N5. The van der Waals surface area contributed by atoms with Gasteiger partial charge < -0.3 is 4.90 Å². The molecule has 0 aliphatic carbocycles. The predicted molar refractivity (Wildman–Crippen MR) is 128 cm³/mol. The molecule has 0 aromatic carbocycles. The molecule has 1 rings (SSSR count). The van der Waals surface area contributed by atoms with Crippen molar-refractivity contribution in [1.82, 2.24) is 14.9 Å². The van der Waals surface area contributed by atoms with Gasteiger partial charge in [0.25, 0.3) is 0 Å². The zero-order chi connectivity index (χ0) is 21.8. The number of hydrogen-bond acceptors (Lipinski definition) is 5. The van der Waals surface area contributed by atoms with Crippen LogP contribution in [0.2, 0.25) is 0 Å². The highest BCUT2D eigenvalue weighted by atomic mass is 15.4. The van der Waals surface area contributed by atoms with Crippen LogP contribution >= 0.6 is 0 Å². The summed E-state index contributed by atoms with van der Waals surface area (Å²) in [5.74, 6) is 0. The van der Waals surface area contributed by atoms with Crippen molar-refractivity contribution in [3.63, 3.8) is 0 Å². The molecule has 29 heavy (non-hydrogen) atoms. The smallest absolute Gasteiger partial charge is 0.0734 e. The van der Waals surface area contributed by atoms with E-state index in [0.717, 1.165) is 43.0 Å². The van der Waals surface area contributed by atoms with Crippen molar-refractivity contribution in [2.45, 2.75) is 54.4 Å². The summed E-state index contributed by atoms with van der Waals surface area (Å²) < 4.78 is 0. The molecule has 1 heterocycles. The van der Waals surface area contributed by atoms with Crippen LogP contribution in [0, 0.1) is 0 Å². The maximum Gasteiger partial charge on any atom is 0.0734 e. The second-order valence-electron chi connectivity index (χ2n) is 6.73. The van der Waals surface area contributed by atoms with Crippen LogP contribution in [-0.4, -0.2) is 47.5 Å². The number of nitrogens with zero attached hydrogens (tertiary/aromatic N) is 5. The van der Waals surface area contributed by atoms with Crippen LogP contribution in [0.3, 0.4) is 0 Å². The monoisotopic (exact) mass is 395 g/mol. The molecule has 0 N–H and O–H groups in total. The molecule has 0 radical (unpaired) electrons. The molecule has 158 valence electrons. The van der Waals surface area contributed by atoms with Gasteiger partial charge in [0.15, 0.2) is 0 Å². The van der Waals surface area contributed by atoms with Crippen molar-refractivity contribution in [2.24, 2.45) is 10.1 Å². The summed E-state index contributed by atoms with van der Waals surface area (Å²) in [6, 6.07) is 2.08. The number of aromatic nitrogens is 1. The number of hydrazone groups is 1. The average Bonchev–Trinajstić information content (AvgIpc) is 2.74. The van der Waals surface area contributed by atoms with Gasteiger partial charge >= 0.3 is 0 Å². The lowest BCUT2D eigenvalue weighted by Crippen LogP contribution is -2.26. The molecule has 1 aromatic heterocycles. The van der Waals surface area contributed by atoms with E-state index in [9.17, 15) is 0 Å². The van der Waals surface area contributed by atoms with Crippen LogP contribution in [0.15, 0.2) is 46.5 Å². The maximum atomic E-state index is 4.62. The van der Waals surface area contributed by atoms with E-state index < -0.39 is 0 Å². The second-order valence-corrected chi connectivity index (χ2v) is 6.73. The van der Waals surface area contributed by atoms with E-state index in [1.165, 1.54) is 16.7 Å². The first-order valence-corrected chi connectivity index (χ1v) is 10.4. The Morgan fingerprint density at radius 2 is 1.97 bits per heavy atom. The third-order valence-electron chi connectivity index (χ3n) is 4.92. The highest BCUT2D eigenvalue weighted by Crippen LogP contribution is 2.27. The normalized spacial score (nSPS) is 13.1. The molecule has 0 spiro atoms. The molecule has 0 aliphatic heterocycles. The Kier molecular flexibility index (Phi) is 10.7. The van der Waals surface area contributed by atoms with Crippen molar-refractivity contribution < 1.29 is 0 Å². The molecule has 0 saturated carbocycles. The lowest BCUT2D eigenvalue weighted by Gasteiger charge is -2.26. The Hall–Kier alpha value is -2.69. The number of hydrogen-bond donors (Lipinski definition) is 0. The zero-order valence-electron chi connectivity index (χ0n) is 19.2. The van der Waals surface area contributed by atoms with Crippen LogP contribution < -0.4 is 0 Å². The van der Waals surface area contributed by atoms with Crippen molar-refractivity contribution in [2.75, 3.05) is 20.1 Å². The van der Waals surface area contributed by atoms with Gasteiger partial charge in [-0.05, 0) is 69.4 Å². The summed E-state index contributed by atoms with van der Waals surface area (Å²) in [6.45, 7) is 18.5. The summed E-state index contributed by atoms with van der Waals surface area (Å²) in [4.78, 5) is 11.0. The first-order chi connectivity index (χ1) is 14.0.